The Morgan fingerprint density at radius 3 is 2.57 bits per heavy atom. The van der Waals surface area contributed by atoms with E-state index in [0.29, 0.717) is 3.57 Å². The van der Waals surface area contributed by atoms with E-state index >= 15 is 0 Å². The number of carboxylic acids is 1. The topological polar surface area (TPSA) is 99.5 Å². The predicted octanol–water partition coefficient (Wildman–Crippen LogP) is 2.95. The second kappa shape index (κ2) is 6.56. The quantitative estimate of drug-likeness (QED) is 0.552. The first-order chi connectivity index (χ1) is 9.90. The van der Waals surface area contributed by atoms with Gasteiger partial charge in [-0.2, -0.15) is 0 Å². The minimum absolute atomic E-state index is 0.0632. The molecule has 0 bridgehead atoms. The van der Waals surface area contributed by atoms with Crippen LogP contribution in [-0.2, 0) is 0 Å². The number of carbonyl (C=O) groups is 2. The van der Waals surface area contributed by atoms with Crippen LogP contribution in [0.15, 0.2) is 30.5 Å². The van der Waals surface area contributed by atoms with Crippen molar-refractivity contribution in [3.05, 3.63) is 48.7 Å². The first kappa shape index (κ1) is 15.9. The molecule has 2 rings (SSSR count). The van der Waals surface area contributed by atoms with Crippen LogP contribution in [-0.4, -0.2) is 27.1 Å². The summed E-state index contributed by atoms with van der Waals surface area (Å²) in [5, 5.41) is 21.4. The molecule has 8 heteroatoms. The largest absolute Gasteiger partial charge is 0.506 e. The zero-order valence-corrected chi connectivity index (χ0v) is 14.6. The predicted molar refractivity (Wildman–Crippen MR) is 92.7 cm³/mol. The second-order valence-electron chi connectivity index (χ2n) is 3.94. The van der Waals surface area contributed by atoms with Gasteiger partial charge in [0.15, 0.2) is 0 Å². The van der Waals surface area contributed by atoms with E-state index in [-0.39, 0.29) is 22.7 Å². The van der Waals surface area contributed by atoms with E-state index in [4.69, 9.17) is 5.11 Å². The van der Waals surface area contributed by atoms with E-state index in [1.807, 2.05) is 45.2 Å². The summed E-state index contributed by atoms with van der Waals surface area (Å²) in [5.74, 6) is -2.03. The van der Waals surface area contributed by atoms with E-state index in [9.17, 15) is 14.7 Å². The molecule has 1 aromatic heterocycles. The highest BCUT2D eigenvalue weighted by Gasteiger charge is 2.18. The van der Waals surface area contributed by atoms with Crippen molar-refractivity contribution in [3.63, 3.8) is 0 Å². The molecule has 1 heterocycles. The maximum Gasteiger partial charge on any atom is 0.339 e. The third-order valence-corrected chi connectivity index (χ3v) is 3.99. The molecule has 0 fully saturated rings. The number of carboxylic acid groups (broad SMARTS) is 1. The number of aromatic hydroxyl groups is 1. The number of nitrogens with zero attached hydrogens (tertiary/aromatic N) is 1. The average molecular weight is 510 g/mol. The number of hydrogen-bond donors (Lipinski definition) is 3. The summed E-state index contributed by atoms with van der Waals surface area (Å²) in [5.41, 5.74) is -0.0565. The van der Waals surface area contributed by atoms with Crippen LogP contribution in [0.25, 0.3) is 0 Å². The van der Waals surface area contributed by atoms with Gasteiger partial charge in [-0.1, -0.05) is 0 Å². The van der Waals surface area contributed by atoms with Crippen molar-refractivity contribution in [2.45, 2.75) is 0 Å². The highest BCUT2D eigenvalue weighted by atomic mass is 127. The van der Waals surface area contributed by atoms with Crippen molar-refractivity contribution in [1.82, 2.24) is 4.98 Å². The number of carbonyl (C=O) groups excluding carboxylic acids is 1. The Balaban J connectivity index is 2.38. The average Bonchev–Trinajstić information content (AvgIpc) is 2.43. The van der Waals surface area contributed by atoms with Crippen molar-refractivity contribution >= 4 is 62.9 Å². The van der Waals surface area contributed by atoms with E-state index in [0.717, 1.165) is 3.57 Å². The monoisotopic (exact) mass is 510 g/mol. The highest BCUT2D eigenvalue weighted by Crippen LogP contribution is 2.27. The van der Waals surface area contributed by atoms with Gasteiger partial charge in [-0.3, -0.25) is 4.79 Å². The Hall–Kier alpha value is -1.43. The van der Waals surface area contributed by atoms with Gasteiger partial charge < -0.3 is 15.5 Å². The summed E-state index contributed by atoms with van der Waals surface area (Å²) in [6, 6.07) is 6.03. The van der Waals surface area contributed by atoms with Gasteiger partial charge in [-0.15, -0.1) is 0 Å². The Labute approximate surface area is 146 Å². The number of rotatable bonds is 3. The fourth-order valence-electron chi connectivity index (χ4n) is 1.59. The van der Waals surface area contributed by atoms with Crippen LogP contribution in [0.1, 0.15) is 20.7 Å². The zero-order valence-electron chi connectivity index (χ0n) is 10.3. The third kappa shape index (κ3) is 3.61. The molecule has 0 aliphatic carbocycles. The Morgan fingerprint density at radius 1 is 1.19 bits per heavy atom. The fourth-order valence-corrected chi connectivity index (χ4v) is 3.44. The Morgan fingerprint density at radius 2 is 1.90 bits per heavy atom. The molecule has 0 atom stereocenters. The Bertz CT molecular complexity index is 734. The summed E-state index contributed by atoms with van der Waals surface area (Å²) in [4.78, 5) is 27.1. The molecule has 0 aliphatic heterocycles. The smallest absolute Gasteiger partial charge is 0.339 e. The normalized spacial score (nSPS) is 10.2. The summed E-state index contributed by atoms with van der Waals surface area (Å²) in [7, 11) is 0. The number of benzene rings is 1. The lowest BCUT2D eigenvalue weighted by molar-refractivity contribution is 0.0697. The lowest BCUT2D eigenvalue weighted by Gasteiger charge is -2.09. The summed E-state index contributed by atoms with van der Waals surface area (Å²) in [6.45, 7) is 0. The molecule has 1 amide bonds. The number of anilines is 1. The van der Waals surface area contributed by atoms with Crippen LogP contribution >= 0.6 is 45.2 Å². The maximum atomic E-state index is 12.2. The van der Waals surface area contributed by atoms with Gasteiger partial charge in [-0.05, 0) is 69.4 Å². The molecule has 0 aliphatic rings. The van der Waals surface area contributed by atoms with Crippen LogP contribution in [0.3, 0.4) is 0 Å². The number of nitrogens with one attached hydrogen (secondary N) is 1. The molecule has 108 valence electrons. The van der Waals surface area contributed by atoms with Crippen LogP contribution in [0, 0.1) is 7.14 Å². The molecule has 0 saturated heterocycles. The van der Waals surface area contributed by atoms with Gasteiger partial charge in [0.25, 0.3) is 5.91 Å². The van der Waals surface area contributed by atoms with Crippen molar-refractivity contribution in [1.29, 1.82) is 0 Å². The Kier molecular flexibility index (Phi) is 4.98. The van der Waals surface area contributed by atoms with Gasteiger partial charge in [-0.25, -0.2) is 9.78 Å². The number of phenolic OH excluding ortho intramolecular Hbond substituents is 1. The molecule has 1 aromatic carbocycles. The first-order valence-corrected chi connectivity index (χ1v) is 7.73. The molecule has 3 N–H and O–H groups in total. The van der Waals surface area contributed by atoms with E-state index in [2.05, 4.69) is 10.3 Å². The van der Waals surface area contributed by atoms with Crippen molar-refractivity contribution < 1.29 is 19.8 Å². The molecule has 6 nitrogen and oxygen atoms in total. The lowest BCUT2D eigenvalue weighted by atomic mass is 10.2. The fraction of sp³-hybridized carbons (Fsp3) is 0. The zero-order chi connectivity index (χ0) is 15.6. The minimum atomic E-state index is -1.19. The number of hydrogen-bond acceptors (Lipinski definition) is 4. The van der Waals surface area contributed by atoms with Gasteiger partial charge in [0.05, 0.1) is 9.13 Å². The third-order valence-electron chi connectivity index (χ3n) is 2.54. The second-order valence-corrected chi connectivity index (χ2v) is 6.35. The van der Waals surface area contributed by atoms with Crippen molar-refractivity contribution in [2.75, 3.05) is 5.32 Å². The van der Waals surface area contributed by atoms with Gasteiger partial charge >= 0.3 is 5.97 Å². The van der Waals surface area contributed by atoms with Crippen LogP contribution in [0.2, 0.25) is 0 Å². The highest BCUT2D eigenvalue weighted by molar-refractivity contribution is 14.1. The molecule has 21 heavy (non-hydrogen) atoms. The van der Waals surface area contributed by atoms with E-state index in [1.165, 1.54) is 24.4 Å². The standard InChI is InChI=1S/C13H8I2N2O4/c14-6-4-8(10(18)9(15)5-6)12(19)17-11-7(13(20)21)2-1-3-16-11/h1-5,18H,(H,20,21)(H,16,17,19). The van der Waals surface area contributed by atoms with E-state index < -0.39 is 11.9 Å². The number of aromatic nitrogens is 1. The summed E-state index contributed by atoms with van der Waals surface area (Å²) < 4.78 is 1.31. The molecule has 0 saturated carbocycles. The maximum absolute atomic E-state index is 12.2. The molecule has 0 radical (unpaired) electrons. The number of phenols is 1. The van der Waals surface area contributed by atoms with Crippen molar-refractivity contribution in [3.8, 4) is 5.75 Å². The summed E-state index contributed by atoms with van der Waals surface area (Å²) in [6.07, 6.45) is 1.38. The van der Waals surface area contributed by atoms with Gasteiger partial charge in [0.1, 0.15) is 17.1 Å². The SMILES string of the molecule is O=C(O)c1cccnc1NC(=O)c1cc(I)cc(I)c1O. The lowest BCUT2D eigenvalue weighted by Crippen LogP contribution is -2.16. The van der Waals surface area contributed by atoms with E-state index in [1.54, 1.807) is 6.07 Å². The first-order valence-electron chi connectivity index (χ1n) is 5.58. The number of aromatic carboxylic acids is 1. The molecular formula is C13H8I2N2O4. The minimum Gasteiger partial charge on any atom is -0.506 e. The van der Waals surface area contributed by atoms with Gasteiger partial charge in [0.2, 0.25) is 0 Å². The molecule has 0 unspecified atom stereocenters. The van der Waals surface area contributed by atoms with Crippen LogP contribution in [0.5, 0.6) is 5.75 Å². The summed E-state index contributed by atoms with van der Waals surface area (Å²) >= 11 is 3.94. The molecule has 2 aromatic rings. The van der Waals surface area contributed by atoms with Crippen LogP contribution < -0.4 is 5.32 Å². The van der Waals surface area contributed by atoms with Crippen LogP contribution in [0.4, 0.5) is 5.82 Å². The van der Waals surface area contributed by atoms with Gasteiger partial charge in [0, 0.05) is 9.77 Å². The number of halogens is 2. The molecule has 0 spiro atoms. The number of pyridine rings is 1. The number of amides is 1. The van der Waals surface area contributed by atoms with Crippen molar-refractivity contribution in [2.24, 2.45) is 0 Å². The molecular weight excluding hydrogens is 502 g/mol.